The fourth-order valence-electron chi connectivity index (χ4n) is 5.94. The molecule has 0 bridgehead atoms. The lowest BCUT2D eigenvalue weighted by atomic mass is 9.66. The summed E-state index contributed by atoms with van der Waals surface area (Å²) in [4.78, 5) is 4.08. The maximum atomic E-state index is 14.0. The fraction of sp³-hybridized carbons (Fsp3) is 0.654. The van der Waals surface area contributed by atoms with Gasteiger partial charge in [-0.05, 0) is 53.8 Å². The van der Waals surface area contributed by atoms with Gasteiger partial charge in [-0.2, -0.15) is 44.3 Å². The van der Waals surface area contributed by atoms with Gasteiger partial charge >= 0.3 is 18.5 Å². The lowest BCUT2D eigenvalue weighted by molar-refractivity contribution is -0.182. The average Bonchev–Trinajstić information content (AvgIpc) is 3.28. The van der Waals surface area contributed by atoms with Crippen molar-refractivity contribution in [3.8, 4) is 0 Å². The van der Waals surface area contributed by atoms with Crippen LogP contribution in [-0.4, -0.2) is 63.1 Å². The Morgan fingerprint density at radius 3 is 2.05 bits per heavy atom. The molecule has 2 aliphatic rings. The molecule has 2 heterocycles. The molecule has 4 rings (SSSR count). The molecule has 0 radical (unpaired) electrons. The van der Waals surface area contributed by atoms with Crippen LogP contribution < -0.4 is 4.90 Å². The highest BCUT2D eigenvalue weighted by Gasteiger charge is 2.50. The first kappa shape index (κ1) is 32.0. The second-order valence-corrected chi connectivity index (χ2v) is 11.2. The molecule has 16 heteroatoms. The monoisotopic (exact) mass is 616 g/mol. The van der Waals surface area contributed by atoms with Crippen LogP contribution in [0.2, 0.25) is 0 Å². The molecular formula is C26H30F10N6. The van der Waals surface area contributed by atoms with Crippen LogP contribution in [0.4, 0.5) is 49.9 Å². The fourth-order valence-corrected chi connectivity index (χ4v) is 5.94. The molecule has 0 spiro atoms. The van der Waals surface area contributed by atoms with Gasteiger partial charge in [-0.3, -0.25) is 4.90 Å². The first-order valence-electron chi connectivity index (χ1n) is 13.2. The van der Waals surface area contributed by atoms with Crippen molar-refractivity contribution < 1.29 is 43.9 Å². The Bertz CT molecular complexity index is 1250. The van der Waals surface area contributed by atoms with Crippen molar-refractivity contribution in [2.24, 2.45) is 18.4 Å². The zero-order chi connectivity index (χ0) is 31.3. The molecule has 6 nitrogen and oxygen atoms in total. The summed E-state index contributed by atoms with van der Waals surface area (Å²) in [6.45, 7) is 2.74. The van der Waals surface area contributed by atoms with E-state index in [9.17, 15) is 43.9 Å². The van der Waals surface area contributed by atoms with Gasteiger partial charge in [0.05, 0.1) is 24.1 Å². The highest BCUT2D eigenvalue weighted by molar-refractivity contribution is 5.39. The SMILES string of the molecule is CCC(C1=CCC(C(F)(F)F)CC1(C)CN(Cc1cc(C(F)(F)F)cc(C(F)(F)F)c1)c1nnn(C)n1)N1CC(F)C1. The number of tetrazole rings is 1. The third-order valence-electron chi connectivity index (χ3n) is 7.87. The Kier molecular flexibility index (Phi) is 8.61. The standard InChI is InChI=1S/C26H30F10N6/c1-4-21(41-12-19(27)13-41)20-6-5-16(24(28,29)30)10-23(20,2)14-42(22-37-39-40(3)38-22)11-15-7-17(25(31,32)33)9-18(8-15)26(34,35)36/h6-9,16,19,21H,4-5,10-14H2,1-3H3. The Hall–Kier alpha value is -2.91. The summed E-state index contributed by atoms with van der Waals surface area (Å²) in [5.74, 6) is -1.92. The van der Waals surface area contributed by atoms with E-state index in [2.05, 4.69) is 15.4 Å². The van der Waals surface area contributed by atoms with Gasteiger partial charge in [-0.15, -0.1) is 5.10 Å². The van der Waals surface area contributed by atoms with Crippen LogP contribution in [0.25, 0.3) is 0 Å². The van der Waals surface area contributed by atoms with Crippen molar-refractivity contribution in [3.05, 3.63) is 46.5 Å². The van der Waals surface area contributed by atoms with E-state index in [4.69, 9.17) is 0 Å². The van der Waals surface area contributed by atoms with Crippen LogP contribution in [-0.2, 0) is 25.9 Å². The summed E-state index contributed by atoms with van der Waals surface area (Å²) in [5, 5.41) is 11.6. The summed E-state index contributed by atoms with van der Waals surface area (Å²) in [5.41, 5.74) is -4.12. The molecular weight excluding hydrogens is 586 g/mol. The van der Waals surface area contributed by atoms with Crippen molar-refractivity contribution in [1.29, 1.82) is 0 Å². The predicted octanol–water partition coefficient (Wildman–Crippen LogP) is 6.59. The molecule has 2 aromatic rings. The van der Waals surface area contributed by atoms with Gasteiger partial charge in [0.1, 0.15) is 6.17 Å². The largest absolute Gasteiger partial charge is 0.416 e. The summed E-state index contributed by atoms with van der Waals surface area (Å²) >= 11 is 0. The molecule has 1 aromatic heterocycles. The van der Waals surface area contributed by atoms with Gasteiger partial charge in [0.15, 0.2) is 0 Å². The molecule has 1 aromatic carbocycles. The van der Waals surface area contributed by atoms with Crippen LogP contribution in [0.5, 0.6) is 0 Å². The number of allylic oxidation sites excluding steroid dienone is 1. The summed E-state index contributed by atoms with van der Waals surface area (Å²) < 4.78 is 137. The topological polar surface area (TPSA) is 50.1 Å². The van der Waals surface area contributed by atoms with E-state index in [1.165, 1.54) is 18.0 Å². The third-order valence-corrected chi connectivity index (χ3v) is 7.87. The van der Waals surface area contributed by atoms with Crippen molar-refractivity contribution >= 4 is 5.95 Å². The van der Waals surface area contributed by atoms with E-state index in [0.29, 0.717) is 24.1 Å². The zero-order valence-corrected chi connectivity index (χ0v) is 23.0. The number of halogens is 10. The number of aryl methyl sites for hydroxylation is 1. The second-order valence-electron chi connectivity index (χ2n) is 11.2. The van der Waals surface area contributed by atoms with E-state index in [1.807, 2.05) is 11.8 Å². The van der Waals surface area contributed by atoms with Crippen LogP contribution in [0.15, 0.2) is 29.8 Å². The first-order chi connectivity index (χ1) is 19.3. The summed E-state index contributed by atoms with van der Waals surface area (Å²) in [6, 6.07) is 0.724. The van der Waals surface area contributed by atoms with E-state index < -0.39 is 71.7 Å². The maximum absolute atomic E-state index is 14.0. The Morgan fingerprint density at radius 2 is 1.60 bits per heavy atom. The van der Waals surface area contributed by atoms with Gasteiger partial charge in [-0.1, -0.05) is 25.0 Å². The molecule has 3 atom stereocenters. The molecule has 1 aliphatic heterocycles. The first-order valence-corrected chi connectivity index (χ1v) is 13.2. The van der Waals surface area contributed by atoms with Gasteiger partial charge in [-0.25, -0.2) is 4.39 Å². The molecule has 1 saturated heterocycles. The van der Waals surface area contributed by atoms with Crippen molar-refractivity contribution in [2.75, 3.05) is 24.5 Å². The highest BCUT2D eigenvalue weighted by atomic mass is 19.4. The number of anilines is 1. The van der Waals surface area contributed by atoms with E-state index in [-0.39, 0.29) is 38.1 Å². The number of hydrogen-bond acceptors (Lipinski definition) is 5. The van der Waals surface area contributed by atoms with Gasteiger partial charge in [0, 0.05) is 37.6 Å². The zero-order valence-electron chi connectivity index (χ0n) is 23.0. The molecule has 1 fully saturated rings. The lowest BCUT2D eigenvalue weighted by Crippen LogP contribution is -2.57. The average molecular weight is 617 g/mol. The minimum atomic E-state index is -5.09. The van der Waals surface area contributed by atoms with E-state index in [0.717, 1.165) is 4.80 Å². The maximum Gasteiger partial charge on any atom is 0.416 e. The van der Waals surface area contributed by atoms with Gasteiger partial charge < -0.3 is 4.90 Å². The smallest absolute Gasteiger partial charge is 0.333 e. The van der Waals surface area contributed by atoms with Crippen LogP contribution >= 0.6 is 0 Å². The molecule has 1 aliphatic carbocycles. The summed E-state index contributed by atoms with van der Waals surface area (Å²) in [7, 11) is 1.39. The minimum absolute atomic E-state index is 0.00266. The van der Waals surface area contributed by atoms with Gasteiger partial charge in [0.2, 0.25) is 0 Å². The van der Waals surface area contributed by atoms with E-state index >= 15 is 0 Å². The number of likely N-dealkylation sites (tertiary alicyclic amines) is 1. The number of alkyl halides is 10. The van der Waals surface area contributed by atoms with Crippen LogP contribution in [0.3, 0.4) is 0 Å². The Balaban J connectivity index is 1.77. The molecule has 0 N–H and O–H groups in total. The number of benzene rings is 1. The number of rotatable bonds is 8. The molecule has 0 amide bonds. The minimum Gasteiger partial charge on any atom is -0.333 e. The Labute approximate surface area is 235 Å². The van der Waals surface area contributed by atoms with Crippen molar-refractivity contribution in [3.63, 3.8) is 0 Å². The number of aromatic nitrogens is 4. The van der Waals surface area contributed by atoms with Crippen molar-refractivity contribution in [2.45, 2.75) is 70.4 Å². The predicted molar refractivity (Wildman–Crippen MR) is 132 cm³/mol. The summed E-state index contributed by atoms with van der Waals surface area (Å²) in [6.07, 6.45) is -14.5. The molecule has 0 saturated carbocycles. The molecule has 234 valence electrons. The Morgan fingerprint density at radius 1 is 1.00 bits per heavy atom. The quantitative estimate of drug-likeness (QED) is 0.248. The van der Waals surface area contributed by atoms with Crippen molar-refractivity contribution in [1.82, 2.24) is 25.1 Å². The number of nitrogens with zero attached hydrogens (tertiary/aromatic N) is 6. The van der Waals surface area contributed by atoms with Gasteiger partial charge in [0.25, 0.3) is 5.95 Å². The normalized spacial score (nSPS) is 23.5. The van der Waals surface area contributed by atoms with Crippen LogP contribution in [0.1, 0.15) is 49.8 Å². The van der Waals surface area contributed by atoms with E-state index in [1.54, 1.807) is 6.92 Å². The van der Waals surface area contributed by atoms with Crippen LogP contribution in [0, 0.1) is 11.3 Å². The molecule has 42 heavy (non-hydrogen) atoms. The number of hydrogen-bond donors (Lipinski definition) is 0. The second kappa shape index (κ2) is 11.3. The molecule has 3 unspecified atom stereocenters. The third kappa shape index (κ3) is 7.00. The highest BCUT2D eigenvalue weighted by Crippen LogP contribution is 2.49. The lowest BCUT2D eigenvalue weighted by Gasteiger charge is -2.50.